The molecule has 0 atom stereocenters. The fourth-order valence-corrected chi connectivity index (χ4v) is 1.91. The van der Waals surface area contributed by atoms with Crippen LogP contribution in [-0.4, -0.2) is 29.1 Å². The lowest BCUT2D eigenvalue weighted by atomic mass is 10.2. The first-order valence-electron chi connectivity index (χ1n) is 6.42. The van der Waals surface area contributed by atoms with E-state index in [0.717, 1.165) is 5.56 Å². The van der Waals surface area contributed by atoms with Gasteiger partial charge in [0.25, 0.3) is 0 Å². The molecule has 0 amide bonds. The highest BCUT2D eigenvalue weighted by Crippen LogP contribution is 2.23. The number of hydrogen-bond donors (Lipinski definition) is 0. The third kappa shape index (κ3) is 2.87. The Morgan fingerprint density at radius 2 is 2.33 bits per heavy atom. The van der Waals surface area contributed by atoms with Gasteiger partial charge in [0.15, 0.2) is 0 Å². The van der Waals surface area contributed by atoms with Gasteiger partial charge in [0, 0.05) is 6.20 Å². The van der Waals surface area contributed by atoms with E-state index in [0.29, 0.717) is 17.2 Å². The molecule has 0 aromatic carbocycles. The molecule has 2 aromatic heterocycles. The number of aromatic nitrogens is 2. The number of rotatable bonds is 4. The zero-order valence-corrected chi connectivity index (χ0v) is 12.1. The molecule has 0 saturated heterocycles. The van der Waals surface area contributed by atoms with Crippen LogP contribution in [0.2, 0.25) is 0 Å². The van der Waals surface area contributed by atoms with E-state index < -0.39 is 5.97 Å². The van der Waals surface area contributed by atoms with Crippen LogP contribution in [0.5, 0.6) is 5.88 Å². The van der Waals surface area contributed by atoms with Crippen molar-refractivity contribution in [1.82, 2.24) is 9.38 Å². The minimum atomic E-state index is -0.663. The lowest BCUT2D eigenvalue weighted by Crippen LogP contribution is -2.06. The van der Waals surface area contributed by atoms with E-state index in [1.165, 1.54) is 13.2 Å². The summed E-state index contributed by atoms with van der Waals surface area (Å²) >= 11 is 0. The summed E-state index contributed by atoms with van der Waals surface area (Å²) in [6.07, 6.45) is 3.23. The van der Waals surface area contributed by atoms with E-state index in [1.54, 1.807) is 11.3 Å². The molecule has 108 valence electrons. The molecule has 0 aliphatic carbocycles. The second-order valence-corrected chi connectivity index (χ2v) is 4.33. The molecule has 0 aliphatic heterocycles. The van der Waals surface area contributed by atoms with Gasteiger partial charge >= 0.3 is 5.97 Å². The Morgan fingerprint density at radius 1 is 1.57 bits per heavy atom. The van der Waals surface area contributed by atoms with Crippen molar-refractivity contribution >= 4 is 17.7 Å². The Bertz CT molecular complexity index is 753. The molecule has 0 spiro atoms. The Hall–Kier alpha value is -2.81. The molecular weight excluding hydrogens is 270 g/mol. The van der Waals surface area contributed by atoms with Crippen LogP contribution in [0, 0.1) is 18.3 Å². The highest BCUT2D eigenvalue weighted by Gasteiger charge is 2.16. The highest BCUT2D eigenvalue weighted by atomic mass is 16.5. The average molecular weight is 285 g/mol. The fraction of sp³-hybridized carbons (Fsp3) is 0.267. The van der Waals surface area contributed by atoms with Gasteiger partial charge in [-0.15, -0.1) is 0 Å². The molecule has 0 bridgehead atoms. The number of nitriles is 1. The Balaban J connectivity index is 2.59. The fourth-order valence-electron chi connectivity index (χ4n) is 1.91. The molecule has 2 rings (SSSR count). The van der Waals surface area contributed by atoms with Gasteiger partial charge in [-0.3, -0.25) is 4.40 Å². The number of aryl methyl sites for hydroxylation is 1. The van der Waals surface area contributed by atoms with Crippen molar-refractivity contribution in [3.8, 4) is 11.9 Å². The van der Waals surface area contributed by atoms with Crippen LogP contribution in [0.1, 0.15) is 18.2 Å². The van der Waals surface area contributed by atoms with Gasteiger partial charge in [-0.2, -0.15) is 10.2 Å². The van der Waals surface area contributed by atoms with Crippen molar-refractivity contribution in [2.75, 3.05) is 13.7 Å². The summed E-state index contributed by atoms with van der Waals surface area (Å²) in [4.78, 5) is 16.0. The van der Waals surface area contributed by atoms with Crippen LogP contribution in [0.25, 0.3) is 11.7 Å². The molecular formula is C15H15N3O3. The average Bonchev–Trinajstić information content (AvgIpc) is 2.81. The number of carbonyl (C=O) groups excluding carboxylic acids is 1. The van der Waals surface area contributed by atoms with Gasteiger partial charge in [0.05, 0.1) is 13.7 Å². The van der Waals surface area contributed by atoms with E-state index in [-0.39, 0.29) is 12.2 Å². The van der Waals surface area contributed by atoms with Crippen molar-refractivity contribution in [3.05, 3.63) is 35.2 Å². The second kappa shape index (κ2) is 6.09. The summed E-state index contributed by atoms with van der Waals surface area (Å²) in [7, 11) is 1.49. The molecule has 0 unspecified atom stereocenters. The quantitative estimate of drug-likeness (QED) is 0.488. The predicted octanol–water partition coefficient (Wildman–Crippen LogP) is 2.12. The largest absolute Gasteiger partial charge is 0.479 e. The SMILES string of the molecule is CCOC(=O)/C(C#N)=C/c1c(OC)nc2cc(C)ccn12. The third-order valence-corrected chi connectivity index (χ3v) is 2.88. The van der Waals surface area contributed by atoms with Gasteiger partial charge < -0.3 is 9.47 Å². The van der Waals surface area contributed by atoms with Gasteiger partial charge in [-0.05, 0) is 37.6 Å². The minimum absolute atomic E-state index is 0.0995. The number of methoxy groups -OCH3 is 1. The third-order valence-electron chi connectivity index (χ3n) is 2.88. The smallest absolute Gasteiger partial charge is 0.348 e. The molecule has 21 heavy (non-hydrogen) atoms. The first-order valence-corrected chi connectivity index (χ1v) is 6.42. The summed E-state index contributed by atoms with van der Waals surface area (Å²) in [5, 5.41) is 9.11. The first-order chi connectivity index (χ1) is 10.1. The number of pyridine rings is 1. The summed E-state index contributed by atoms with van der Waals surface area (Å²) in [5.41, 5.74) is 2.16. The number of imidazole rings is 1. The van der Waals surface area contributed by atoms with Crippen LogP contribution in [0.4, 0.5) is 0 Å². The molecule has 6 heteroatoms. The molecule has 0 fully saturated rings. The molecule has 0 saturated carbocycles. The van der Waals surface area contributed by atoms with Crippen LogP contribution < -0.4 is 4.74 Å². The monoisotopic (exact) mass is 285 g/mol. The zero-order chi connectivity index (χ0) is 15.4. The van der Waals surface area contributed by atoms with Gasteiger partial charge in [-0.25, -0.2) is 4.79 Å². The van der Waals surface area contributed by atoms with E-state index >= 15 is 0 Å². The number of hydrogen-bond acceptors (Lipinski definition) is 5. The standard InChI is InChI=1S/C15H15N3O3/c1-4-21-15(19)11(9-16)8-12-14(20-3)17-13-7-10(2)5-6-18(12)13/h5-8H,4H2,1-3H3/b11-8+. The maximum Gasteiger partial charge on any atom is 0.348 e. The van der Waals surface area contributed by atoms with Crippen molar-refractivity contribution in [1.29, 1.82) is 5.26 Å². The minimum Gasteiger partial charge on any atom is -0.479 e. The van der Waals surface area contributed by atoms with E-state index in [2.05, 4.69) is 4.98 Å². The lowest BCUT2D eigenvalue weighted by Gasteiger charge is -2.02. The first kappa shape index (κ1) is 14.6. The lowest BCUT2D eigenvalue weighted by molar-refractivity contribution is -0.137. The molecule has 6 nitrogen and oxygen atoms in total. The molecule has 0 radical (unpaired) electrons. The summed E-state index contributed by atoms with van der Waals surface area (Å²) < 4.78 is 11.8. The summed E-state index contributed by atoms with van der Waals surface area (Å²) in [6.45, 7) is 3.85. The Kier molecular flexibility index (Phi) is 4.24. The molecule has 0 N–H and O–H groups in total. The topological polar surface area (TPSA) is 76.6 Å². The van der Waals surface area contributed by atoms with Crippen LogP contribution in [0.3, 0.4) is 0 Å². The number of esters is 1. The maximum atomic E-state index is 11.7. The molecule has 2 aromatic rings. The predicted molar refractivity (Wildman–Crippen MR) is 76.7 cm³/mol. The van der Waals surface area contributed by atoms with Crippen molar-refractivity contribution in [3.63, 3.8) is 0 Å². The van der Waals surface area contributed by atoms with Crippen LogP contribution >= 0.6 is 0 Å². The van der Waals surface area contributed by atoms with Gasteiger partial charge in [-0.1, -0.05) is 0 Å². The van der Waals surface area contributed by atoms with Crippen molar-refractivity contribution in [2.45, 2.75) is 13.8 Å². The van der Waals surface area contributed by atoms with E-state index in [4.69, 9.17) is 14.7 Å². The van der Waals surface area contributed by atoms with Gasteiger partial charge in [0.1, 0.15) is 23.0 Å². The normalized spacial score (nSPS) is 11.2. The van der Waals surface area contributed by atoms with E-state index in [9.17, 15) is 4.79 Å². The number of carbonyl (C=O) groups is 1. The van der Waals surface area contributed by atoms with Crippen LogP contribution in [-0.2, 0) is 9.53 Å². The summed E-state index contributed by atoms with van der Waals surface area (Å²) in [6, 6.07) is 5.63. The second-order valence-electron chi connectivity index (χ2n) is 4.33. The van der Waals surface area contributed by atoms with Gasteiger partial charge in [0.2, 0.25) is 5.88 Å². The Morgan fingerprint density at radius 3 is 2.95 bits per heavy atom. The van der Waals surface area contributed by atoms with Crippen LogP contribution in [0.15, 0.2) is 23.9 Å². The van der Waals surface area contributed by atoms with Crippen molar-refractivity contribution < 1.29 is 14.3 Å². The maximum absolute atomic E-state index is 11.7. The zero-order valence-electron chi connectivity index (χ0n) is 12.1. The Labute approximate surface area is 122 Å². The highest BCUT2D eigenvalue weighted by molar-refractivity contribution is 5.98. The van der Waals surface area contributed by atoms with Crippen molar-refractivity contribution in [2.24, 2.45) is 0 Å². The number of nitrogens with zero attached hydrogens (tertiary/aromatic N) is 3. The number of fused-ring (bicyclic) bond motifs is 1. The number of ether oxygens (including phenoxy) is 2. The molecule has 2 heterocycles. The molecule has 0 aliphatic rings. The summed E-state index contributed by atoms with van der Waals surface area (Å²) in [5.74, 6) is -0.318. The van der Waals surface area contributed by atoms with E-state index in [1.807, 2.05) is 31.3 Å².